The average molecular weight is 354 g/mol. The highest BCUT2D eigenvalue weighted by atomic mass is 32.1. The molecule has 1 saturated heterocycles. The lowest BCUT2D eigenvalue weighted by Gasteiger charge is -2.27. The SMILES string of the molecule is Cc1nc2ccc(NC(=O)c3ccc(N4CCNCC4)nn3)cc2s1. The lowest BCUT2D eigenvalue weighted by molar-refractivity contribution is 0.102. The number of piperazine rings is 1. The van der Waals surface area contributed by atoms with Crippen molar-refractivity contribution in [1.29, 1.82) is 0 Å². The van der Waals surface area contributed by atoms with Crippen molar-refractivity contribution < 1.29 is 4.79 Å². The van der Waals surface area contributed by atoms with Gasteiger partial charge in [0.25, 0.3) is 5.91 Å². The van der Waals surface area contributed by atoms with Crippen LogP contribution in [0.1, 0.15) is 15.5 Å². The van der Waals surface area contributed by atoms with E-state index in [2.05, 4.69) is 30.7 Å². The predicted molar refractivity (Wildman–Crippen MR) is 99.4 cm³/mol. The molecule has 0 aliphatic carbocycles. The molecule has 0 bridgehead atoms. The molecule has 1 fully saturated rings. The zero-order chi connectivity index (χ0) is 17.2. The van der Waals surface area contributed by atoms with Crippen LogP contribution in [-0.4, -0.2) is 47.3 Å². The summed E-state index contributed by atoms with van der Waals surface area (Å²) in [5.74, 6) is 0.541. The van der Waals surface area contributed by atoms with E-state index in [-0.39, 0.29) is 5.91 Å². The van der Waals surface area contributed by atoms with Gasteiger partial charge in [-0.3, -0.25) is 4.79 Å². The molecular formula is C17H18N6OS. The first-order chi connectivity index (χ1) is 12.2. The Kier molecular flexibility index (Phi) is 4.29. The number of benzene rings is 1. The summed E-state index contributed by atoms with van der Waals surface area (Å²) in [6.45, 7) is 5.63. The Hall–Kier alpha value is -2.58. The fraction of sp³-hybridized carbons (Fsp3) is 0.294. The maximum Gasteiger partial charge on any atom is 0.276 e. The monoisotopic (exact) mass is 354 g/mol. The standard InChI is InChI=1S/C17H18N6OS/c1-11-19-13-3-2-12(10-15(13)25-11)20-17(24)14-4-5-16(22-21-14)23-8-6-18-7-9-23/h2-5,10,18H,6-9H2,1H3,(H,20,24). The van der Waals surface area contributed by atoms with Crippen LogP contribution in [0, 0.1) is 6.92 Å². The molecule has 1 aromatic carbocycles. The maximum atomic E-state index is 12.4. The second-order valence-corrected chi connectivity index (χ2v) is 7.12. The van der Waals surface area contributed by atoms with Gasteiger partial charge in [0.05, 0.1) is 15.2 Å². The number of anilines is 2. The minimum Gasteiger partial charge on any atom is -0.353 e. The van der Waals surface area contributed by atoms with E-state index in [4.69, 9.17) is 0 Å². The van der Waals surface area contributed by atoms with E-state index in [0.717, 1.165) is 52.9 Å². The molecule has 0 spiro atoms. The van der Waals surface area contributed by atoms with Gasteiger partial charge in [0.1, 0.15) is 0 Å². The highest BCUT2D eigenvalue weighted by Gasteiger charge is 2.14. The van der Waals surface area contributed by atoms with Gasteiger partial charge in [0.15, 0.2) is 11.5 Å². The molecule has 3 heterocycles. The second-order valence-electron chi connectivity index (χ2n) is 5.88. The molecule has 0 saturated carbocycles. The van der Waals surface area contributed by atoms with E-state index >= 15 is 0 Å². The number of carbonyl (C=O) groups excluding carboxylic acids is 1. The molecule has 1 aliphatic rings. The number of nitrogens with zero attached hydrogens (tertiary/aromatic N) is 4. The number of thiazole rings is 1. The largest absolute Gasteiger partial charge is 0.353 e. The summed E-state index contributed by atoms with van der Waals surface area (Å²) in [6, 6.07) is 9.26. The lowest BCUT2D eigenvalue weighted by atomic mass is 10.2. The fourth-order valence-electron chi connectivity index (χ4n) is 2.82. The number of aromatic nitrogens is 3. The van der Waals surface area contributed by atoms with Crippen molar-refractivity contribution in [1.82, 2.24) is 20.5 Å². The number of nitrogens with one attached hydrogen (secondary N) is 2. The molecule has 0 atom stereocenters. The lowest BCUT2D eigenvalue weighted by Crippen LogP contribution is -2.44. The molecule has 2 N–H and O–H groups in total. The number of fused-ring (bicyclic) bond motifs is 1. The van der Waals surface area contributed by atoms with Crippen LogP contribution < -0.4 is 15.5 Å². The minimum absolute atomic E-state index is 0.264. The van der Waals surface area contributed by atoms with Crippen LogP contribution in [0.25, 0.3) is 10.2 Å². The molecule has 8 heteroatoms. The van der Waals surface area contributed by atoms with Crippen LogP contribution in [0.15, 0.2) is 30.3 Å². The van der Waals surface area contributed by atoms with Gasteiger partial charge in [0.2, 0.25) is 0 Å². The summed E-state index contributed by atoms with van der Waals surface area (Å²) in [5, 5.41) is 15.5. The number of aryl methyl sites for hydroxylation is 1. The van der Waals surface area contributed by atoms with Crippen LogP contribution in [0.2, 0.25) is 0 Å². The Bertz CT molecular complexity index is 901. The van der Waals surface area contributed by atoms with E-state index in [1.807, 2.05) is 31.2 Å². The Labute approximate surface area is 149 Å². The van der Waals surface area contributed by atoms with Crippen LogP contribution in [0.4, 0.5) is 11.5 Å². The van der Waals surface area contributed by atoms with E-state index in [1.165, 1.54) is 0 Å². The first-order valence-corrected chi connectivity index (χ1v) is 8.99. The number of hydrogen-bond acceptors (Lipinski definition) is 7. The first kappa shape index (κ1) is 15.9. The van der Waals surface area contributed by atoms with Gasteiger partial charge in [-0.15, -0.1) is 21.5 Å². The number of carbonyl (C=O) groups is 1. The van der Waals surface area contributed by atoms with Gasteiger partial charge in [0, 0.05) is 31.9 Å². The topological polar surface area (TPSA) is 83.0 Å². The normalized spacial score (nSPS) is 14.7. The van der Waals surface area contributed by atoms with Crippen LogP contribution in [-0.2, 0) is 0 Å². The predicted octanol–water partition coefficient (Wildman–Crippen LogP) is 2.06. The Morgan fingerprint density at radius 2 is 2.04 bits per heavy atom. The average Bonchev–Trinajstić information content (AvgIpc) is 3.02. The third kappa shape index (κ3) is 3.45. The van der Waals surface area contributed by atoms with Gasteiger partial charge < -0.3 is 15.5 Å². The van der Waals surface area contributed by atoms with Gasteiger partial charge >= 0.3 is 0 Å². The van der Waals surface area contributed by atoms with Crippen molar-refractivity contribution in [2.75, 3.05) is 36.4 Å². The van der Waals surface area contributed by atoms with Crippen molar-refractivity contribution in [3.8, 4) is 0 Å². The van der Waals surface area contributed by atoms with E-state index in [9.17, 15) is 4.79 Å². The van der Waals surface area contributed by atoms with E-state index in [1.54, 1.807) is 17.4 Å². The summed E-state index contributed by atoms with van der Waals surface area (Å²) < 4.78 is 1.05. The van der Waals surface area contributed by atoms with Crippen LogP contribution in [0.3, 0.4) is 0 Å². The second kappa shape index (κ2) is 6.73. The van der Waals surface area contributed by atoms with Gasteiger partial charge in [-0.25, -0.2) is 4.98 Å². The third-order valence-corrected chi connectivity index (χ3v) is 5.01. The zero-order valence-corrected chi connectivity index (χ0v) is 14.6. The molecule has 1 amide bonds. The van der Waals surface area contributed by atoms with Gasteiger partial charge in [-0.05, 0) is 37.3 Å². The summed E-state index contributed by atoms with van der Waals surface area (Å²) in [4.78, 5) is 19.0. The molecule has 128 valence electrons. The Morgan fingerprint density at radius 3 is 2.80 bits per heavy atom. The molecule has 0 unspecified atom stereocenters. The number of amides is 1. The molecule has 25 heavy (non-hydrogen) atoms. The fourth-order valence-corrected chi connectivity index (χ4v) is 3.69. The molecule has 3 aromatic rings. The molecule has 0 radical (unpaired) electrons. The zero-order valence-electron chi connectivity index (χ0n) is 13.8. The van der Waals surface area contributed by atoms with Crippen LogP contribution >= 0.6 is 11.3 Å². The summed E-state index contributed by atoms with van der Waals surface area (Å²) in [7, 11) is 0. The molecule has 1 aliphatic heterocycles. The minimum atomic E-state index is -0.264. The third-order valence-electron chi connectivity index (χ3n) is 4.08. The van der Waals surface area contributed by atoms with Crippen molar-refractivity contribution in [2.45, 2.75) is 6.92 Å². The smallest absolute Gasteiger partial charge is 0.276 e. The van der Waals surface area contributed by atoms with Crippen molar-refractivity contribution in [2.24, 2.45) is 0 Å². The first-order valence-electron chi connectivity index (χ1n) is 8.17. The highest BCUT2D eigenvalue weighted by molar-refractivity contribution is 7.18. The summed E-state index contributed by atoms with van der Waals surface area (Å²) in [5.41, 5.74) is 1.98. The Balaban J connectivity index is 1.47. The van der Waals surface area contributed by atoms with Gasteiger partial charge in [-0.1, -0.05) is 0 Å². The molecule has 4 rings (SSSR count). The van der Waals surface area contributed by atoms with Crippen molar-refractivity contribution >= 4 is 39.0 Å². The summed E-state index contributed by atoms with van der Waals surface area (Å²) in [6.07, 6.45) is 0. The van der Waals surface area contributed by atoms with Crippen LogP contribution in [0.5, 0.6) is 0 Å². The highest BCUT2D eigenvalue weighted by Crippen LogP contribution is 2.25. The number of hydrogen-bond donors (Lipinski definition) is 2. The Morgan fingerprint density at radius 1 is 1.20 bits per heavy atom. The summed E-state index contributed by atoms with van der Waals surface area (Å²) >= 11 is 1.61. The van der Waals surface area contributed by atoms with E-state index in [0.29, 0.717) is 5.69 Å². The number of rotatable bonds is 3. The molecule has 2 aromatic heterocycles. The van der Waals surface area contributed by atoms with Gasteiger partial charge in [-0.2, -0.15) is 0 Å². The molecule has 7 nitrogen and oxygen atoms in total. The molecular weight excluding hydrogens is 336 g/mol. The van der Waals surface area contributed by atoms with E-state index < -0.39 is 0 Å². The van der Waals surface area contributed by atoms with Crippen molar-refractivity contribution in [3.63, 3.8) is 0 Å². The quantitative estimate of drug-likeness (QED) is 0.749. The maximum absolute atomic E-state index is 12.4. The van der Waals surface area contributed by atoms with Crippen molar-refractivity contribution in [3.05, 3.63) is 41.0 Å².